The van der Waals surface area contributed by atoms with Crippen LogP contribution < -0.4 is 4.74 Å². The lowest BCUT2D eigenvalue weighted by Crippen LogP contribution is -2.34. The molecule has 1 unspecified atom stereocenters. The lowest BCUT2D eigenvalue weighted by atomic mass is 10.1. The van der Waals surface area contributed by atoms with E-state index in [9.17, 15) is 14.7 Å². The Morgan fingerprint density at radius 1 is 1.39 bits per heavy atom. The first kappa shape index (κ1) is 14.0. The van der Waals surface area contributed by atoms with Crippen LogP contribution in [0.15, 0.2) is 24.3 Å². The second-order valence-electron chi connectivity index (χ2n) is 3.83. The van der Waals surface area contributed by atoms with Crippen LogP contribution in [-0.2, 0) is 9.59 Å². The topological polar surface area (TPSA) is 87.1 Å². The normalized spacial score (nSPS) is 12.2. The predicted molar refractivity (Wildman–Crippen MR) is 63.6 cm³/mol. The summed E-state index contributed by atoms with van der Waals surface area (Å²) in [6, 6.07) is 5.55. The Balaban J connectivity index is 3.03. The molecule has 98 valence electrons. The van der Waals surface area contributed by atoms with Crippen LogP contribution in [-0.4, -0.2) is 47.8 Å². The van der Waals surface area contributed by atoms with Crippen LogP contribution in [0.2, 0.25) is 0 Å². The highest BCUT2D eigenvalue weighted by atomic mass is 16.5. The summed E-state index contributed by atoms with van der Waals surface area (Å²) in [5.74, 6) is -1.65. The number of ether oxygens (including phenoxy) is 1. The molecule has 0 bridgehead atoms. The lowest BCUT2D eigenvalue weighted by molar-refractivity contribution is -0.145. The third kappa shape index (κ3) is 3.46. The van der Waals surface area contributed by atoms with Gasteiger partial charge in [-0.2, -0.15) is 0 Å². The molecule has 0 aliphatic heterocycles. The summed E-state index contributed by atoms with van der Waals surface area (Å²) in [6.45, 7) is -0.353. The maximum Gasteiger partial charge on any atom is 0.325 e. The van der Waals surface area contributed by atoms with Gasteiger partial charge in [-0.05, 0) is 24.7 Å². The van der Waals surface area contributed by atoms with E-state index in [1.807, 2.05) is 0 Å². The van der Waals surface area contributed by atoms with E-state index in [1.165, 1.54) is 19.1 Å². The van der Waals surface area contributed by atoms with E-state index in [4.69, 9.17) is 9.84 Å². The molecule has 0 heterocycles. The Kier molecular flexibility index (Phi) is 4.67. The van der Waals surface area contributed by atoms with E-state index >= 15 is 0 Å². The number of nitrogens with zero attached hydrogens (tertiary/aromatic N) is 1. The van der Waals surface area contributed by atoms with Crippen molar-refractivity contribution in [3.05, 3.63) is 29.8 Å². The third-order valence-corrected chi connectivity index (χ3v) is 2.47. The number of carbonyl (C=O) groups is 2. The fourth-order valence-corrected chi connectivity index (χ4v) is 1.70. The SMILES string of the molecule is COc1cccc(C(C(=O)O)N(C)CC(=O)O)c1. The van der Waals surface area contributed by atoms with Crippen LogP contribution in [0.5, 0.6) is 5.75 Å². The van der Waals surface area contributed by atoms with Crippen molar-refractivity contribution in [2.24, 2.45) is 0 Å². The van der Waals surface area contributed by atoms with Crippen molar-refractivity contribution in [3.63, 3.8) is 0 Å². The molecule has 0 amide bonds. The largest absolute Gasteiger partial charge is 0.497 e. The lowest BCUT2D eigenvalue weighted by Gasteiger charge is -2.23. The molecule has 1 aromatic carbocycles. The minimum absolute atomic E-state index is 0.353. The average Bonchev–Trinajstić information content (AvgIpc) is 2.28. The van der Waals surface area contributed by atoms with Crippen molar-refractivity contribution in [1.29, 1.82) is 0 Å². The Labute approximate surface area is 104 Å². The molecule has 0 saturated heterocycles. The van der Waals surface area contributed by atoms with Gasteiger partial charge >= 0.3 is 11.9 Å². The molecule has 1 rings (SSSR count). The van der Waals surface area contributed by atoms with Crippen LogP contribution in [0.1, 0.15) is 11.6 Å². The summed E-state index contributed by atoms with van der Waals surface area (Å²) < 4.78 is 5.02. The molecule has 1 aromatic rings. The maximum absolute atomic E-state index is 11.2. The van der Waals surface area contributed by atoms with Crippen molar-refractivity contribution in [2.45, 2.75) is 6.04 Å². The molecule has 0 aliphatic carbocycles. The first-order valence-electron chi connectivity index (χ1n) is 5.24. The maximum atomic E-state index is 11.2. The van der Waals surface area contributed by atoms with Gasteiger partial charge in [-0.15, -0.1) is 0 Å². The average molecular weight is 253 g/mol. The number of aliphatic carboxylic acids is 2. The molecule has 18 heavy (non-hydrogen) atoms. The summed E-state index contributed by atoms with van der Waals surface area (Å²) in [7, 11) is 2.93. The van der Waals surface area contributed by atoms with Crippen molar-refractivity contribution in [2.75, 3.05) is 20.7 Å². The van der Waals surface area contributed by atoms with Crippen LogP contribution in [0.3, 0.4) is 0 Å². The molecule has 0 aliphatic rings. The molecule has 0 radical (unpaired) electrons. The van der Waals surface area contributed by atoms with Gasteiger partial charge in [-0.3, -0.25) is 14.5 Å². The van der Waals surface area contributed by atoms with E-state index in [0.717, 1.165) is 0 Å². The number of carboxylic acid groups (broad SMARTS) is 2. The Bertz CT molecular complexity index is 446. The molecular weight excluding hydrogens is 238 g/mol. The molecule has 0 saturated carbocycles. The monoisotopic (exact) mass is 253 g/mol. The molecule has 0 spiro atoms. The van der Waals surface area contributed by atoms with E-state index in [0.29, 0.717) is 11.3 Å². The molecule has 1 atom stereocenters. The number of methoxy groups -OCH3 is 1. The number of hydrogen-bond donors (Lipinski definition) is 2. The molecule has 6 heteroatoms. The highest BCUT2D eigenvalue weighted by Gasteiger charge is 2.26. The Hall–Kier alpha value is -2.08. The quantitative estimate of drug-likeness (QED) is 0.781. The minimum atomic E-state index is -1.10. The zero-order valence-corrected chi connectivity index (χ0v) is 10.2. The zero-order chi connectivity index (χ0) is 13.7. The third-order valence-electron chi connectivity index (χ3n) is 2.47. The number of rotatable bonds is 6. The van der Waals surface area contributed by atoms with Gasteiger partial charge in [0.15, 0.2) is 0 Å². The molecule has 2 N–H and O–H groups in total. The number of likely N-dealkylation sites (N-methyl/N-ethyl adjacent to an activating group) is 1. The smallest absolute Gasteiger partial charge is 0.325 e. The molecule has 0 aromatic heterocycles. The molecular formula is C12H15NO5. The van der Waals surface area contributed by atoms with Crippen molar-refractivity contribution in [1.82, 2.24) is 4.90 Å². The highest BCUT2D eigenvalue weighted by molar-refractivity contribution is 5.77. The fraction of sp³-hybridized carbons (Fsp3) is 0.333. The fourth-order valence-electron chi connectivity index (χ4n) is 1.70. The van der Waals surface area contributed by atoms with Gasteiger partial charge in [0.2, 0.25) is 0 Å². The van der Waals surface area contributed by atoms with E-state index in [-0.39, 0.29) is 6.54 Å². The van der Waals surface area contributed by atoms with Crippen LogP contribution in [0, 0.1) is 0 Å². The van der Waals surface area contributed by atoms with Gasteiger partial charge in [-0.1, -0.05) is 12.1 Å². The summed E-state index contributed by atoms with van der Waals surface area (Å²) in [6.07, 6.45) is 0. The van der Waals surface area contributed by atoms with Crippen LogP contribution in [0.4, 0.5) is 0 Å². The molecule has 6 nitrogen and oxygen atoms in total. The van der Waals surface area contributed by atoms with Gasteiger partial charge < -0.3 is 14.9 Å². The first-order valence-corrected chi connectivity index (χ1v) is 5.24. The Morgan fingerprint density at radius 3 is 2.56 bits per heavy atom. The number of carboxylic acids is 2. The standard InChI is InChI=1S/C12H15NO5/c1-13(7-10(14)15)11(12(16)17)8-4-3-5-9(6-8)18-2/h3-6,11H,7H2,1-2H3,(H,14,15)(H,16,17). The van der Waals surface area contributed by atoms with Crippen LogP contribution >= 0.6 is 0 Å². The zero-order valence-electron chi connectivity index (χ0n) is 10.2. The van der Waals surface area contributed by atoms with Gasteiger partial charge in [0.25, 0.3) is 0 Å². The number of benzene rings is 1. The van der Waals surface area contributed by atoms with Crippen molar-refractivity contribution < 1.29 is 24.5 Å². The predicted octanol–water partition coefficient (Wildman–Crippen LogP) is 0.837. The highest BCUT2D eigenvalue weighted by Crippen LogP contribution is 2.23. The second-order valence-corrected chi connectivity index (χ2v) is 3.83. The van der Waals surface area contributed by atoms with Gasteiger partial charge in [0.1, 0.15) is 11.8 Å². The summed E-state index contributed by atoms with van der Waals surface area (Å²) in [5, 5.41) is 17.9. The first-order chi connectivity index (χ1) is 8.45. The van der Waals surface area contributed by atoms with E-state index < -0.39 is 18.0 Å². The van der Waals surface area contributed by atoms with E-state index in [2.05, 4.69) is 0 Å². The number of hydrogen-bond acceptors (Lipinski definition) is 4. The second kappa shape index (κ2) is 6.02. The summed E-state index contributed by atoms with van der Waals surface area (Å²) >= 11 is 0. The van der Waals surface area contributed by atoms with E-state index in [1.54, 1.807) is 24.3 Å². The summed E-state index contributed by atoms with van der Waals surface area (Å²) in [5.41, 5.74) is 0.477. The van der Waals surface area contributed by atoms with Crippen LogP contribution in [0.25, 0.3) is 0 Å². The minimum Gasteiger partial charge on any atom is -0.497 e. The Morgan fingerprint density at radius 2 is 2.06 bits per heavy atom. The summed E-state index contributed by atoms with van der Waals surface area (Å²) in [4.78, 5) is 23.1. The van der Waals surface area contributed by atoms with Crippen molar-refractivity contribution >= 4 is 11.9 Å². The van der Waals surface area contributed by atoms with Gasteiger partial charge in [0.05, 0.1) is 13.7 Å². The van der Waals surface area contributed by atoms with Gasteiger partial charge in [-0.25, -0.2) is 0 Å². The molecule has 0 fully saturated rings. The van der Waals surface area contributed by atoms with Gasteiger partial charge in [0, 0.05) is 0 Å². The van der Waals surface area contributed by atoms with Crippen molar-refractivity contribution in [3.8, 4) is 5.75 Å².